The molecule has 0 spiro atoms. The maximum atomic E-state index is 13.4. The zero-order valence-corrected chi connectivity index (χ0v) is 19.7. The second-order valence-corrected chi connectivity index (χ2v) is 9.90. The standard InChI is InChI=1S/C22H31FN4O2S.ClH/c1-18(2)25-30(28,29)17-5-12-26-13-15-27(16-14-26)22(21-6-3-4-11-24-21)19-7-9-20(23)10-8-19;/h3-4,6-11,18,22,25H,5,12-17H2,1-2H3;1H. The average molecular weight is 471 g/mol. The lowest BCUT2D eigenvalue weighted by atomic mass is 10.00. The molecule has 0 saturated carbocycles. The van der Waals surface area contributed by atoms with Crippen LogP contribution in [0.1, 0.15) is 37.6 Å². The van der Waals surface area contributed by atoms with Crippen molar-refractivity contribution in [2.75, 3.05) is 38.5 Å². The van der Waals surface area contributed by atoms with Gasteiger partial charge in [-0.2, -0.15) is 0 Å². The van der Waals surface area contributed by atoms with Crippen molar-refractivity contribution >= 4 is 22.4 Å². The van der Waals surface area contributed by atoms with E-state index in [0.717, 1.165) is 44.0 Å². The predicted octanol–water partition coefficient (Wildman–Crippen LogP) is 3.07. The molecule has 2 aromatic rings. The molecule has 1 N–H and O–H groups in total. The Morgan fingerprint density at radius 3 is 2.32 bits per heavy atom. The summed E-state index contributed by atoms with van der Waals surface area (Å²) in [6.45, 7) is 7.83. The van der Waals surface area contributed by atoms with Crippen LogP contribution in [0.2, 0.25) is 0 Å². The summed E-state index contributed by atoms with van der Waals surface area (Å²) in [6, 6.07) is 12.4. The van der Waals surface area contributed by atoms with Gasteiger partial charge in [-0.15, -0.1) is 12.4 Å². The van der Waals surface area contributed by atoms with Gasteiger partial charge in [0.2, 0.25) is 10.0 Å². The molecule has 1 aromatic heterocycles. The molecule has 0 bridgehead atoms. The van der Waals surface area contributed by atoms with Crippen molar-refractivity contribution in [2.45, 2.75) is 32.4 Å². The topological polar surface area (TPSA) is 65.5 Å². The molecule has 1 atom stereocenters. The third kappa shape index (κ3) is 7.80. The third-order valence-corrected chi connectivity index (χ3v) is 6.89. The Bertz CT molecular complexity index is 889. The van der Waals surface area contributed by atoms with Crippen LogP contribution in [-0.2, 0) is 10.0 Å². The number of piperazine rings is 1. The maximum absolute atomic E-state index is 13.4. The monoisotopic (exact) mass is 470 g/mol. The van der Waals surface area contributed by atoms with E-state index in [0.29, 0.717) is 6.42 Å². The van der Waals surface area contributed by atoms with Gasteiger partial charge < -0.3 is 4.90 Å². The molecule has 2 heterocycles. The number of nitrogens with zero attached hydrogens (tertiary/aromatic N) is 3. The van der Waals surface area contributed by atoms with Gasteiger partial charge in [0.05, 0.1) is 17.5 Å². The Balaban J connectivity index is 0.00000341. The molecule has 1 fully saturated rings. The number of pyridine rings is 1. The van der Waals surface area contributed by atoms with Crippen LogP contribution >= 0.6 is 12.4 Å². The molecule has 31 heavy (non-hydrogen) atoms. The van der Waals surface area contributed by atoms with Gasteiger partial charge in [-0.25, -0.2) is 17.5 Å². The summed E-state index contributed by atoms with van der Waals surface area (Å²) in [6.07, 6.45) is 2.40. The molecule has 0 amide bonds. The lowest BCUT2D eigenvalue weighted by Gasteiger charge is -2.39. The Kier molecular flexibility index (Phi) is 9.84. The number of aromatic nitrogens is 1. The molecule has 1 unspecified atom stereocenters. The van der Waals surface area contributed by atoms with Crippen LogP contribution < -0.4 is 4.72 Å². The SMILES string of the molecule is CC(C)NS(=O)(=O)CCCN1CCN(C(c2ccc(F)cc2)c2ccccn2)CC1.Cl. The molecule has 9 heteroatoms. The number of rotatable bonds is 9. The molecule has 3 rings (SSSR count). The summed E-state index contributed by atoms with van der Waals surface area (Å²) in [4.78, 5) is 9.22. The van der Waals surface area contributed by atoms with E-state index in [1.165, 1.54) is 12.1 Å². The van der Waals surface area contributed by atoms with Crippen LogP contribution in [0.5, 0.6) is 0 Å². The van der Waals surface area contributed by atoms with Gasteiger partial charge in [-0.3, -0.25) is 9.88 Å². The highest BCUT2D eigenvalue weighted by Crippen LogP contribution is 2.28. The van der Waals surface area contributed by atoms with Gasteiger partial charge in [0, 0.05) is 38.4 Å². The minimum Gasteiger partial charge on any atom is -0.301 e. The second-order valence-electron chi connectivity index (χ2n) is 8.03. The molecular formula is C22H32ClFN4O2S. The highest BCUT2D eigenvalue weighted by molar-refractivity contribution is 7.89. The number of nitrogens with one attached hydrogen (secondary N) is 1. The van der Waals surface area contributed by atoms with Gasteiger partial charge in [-0.05, 0) is 56.6 Å². The van der Waals surface area contributed by atoms with Crippen molar-refractivity contribution in [3.05, 3.63) is 65.7 Å². The smallest absolute Gasteiger partial charge is 0.211 e. The highest BCUT2D eigenvalue weighted by atomic mass is 35.5. The van der Waals surface area contributed by atoms with Crippen molar-refractivity contribution < 1.29 is 12.8 Å². The third-order valence-electron chi connectivity index (χ3n) is 5.23. The van der Waals surface area contributed by atoms with Gasteiger partial charge in [-0.1, -0.05) is 18.2 Å². The van der Waals surface area contributed by atoms with Crippen LogP contribution in [0.3, 0.4) is 0 Å². The van der Waals surface area contributed by atoms with Gasteiger partial charge in [0.15, 0.2) is 0 Å². The molecule has 1 aromatic carbocycles. The van der Waals surface area contributed by atoms with E-state index in [-0.39, 0.29) is 36.1 Å². The van der Waals surface area contributed by atoms with E-state index in [9.17, 15) is 12.8 Å². The van der Waals surface area contributed by atoms with E-state index in [4.69, 9.17) is 0 Å². The molecule has 1 saturated heterocycles. The number of hydrogen-bond acceptors (Lipinski definition) is 5. The summed E-state index contributed by atoms with van der Waals surface area (Å²) in [5.41, 5.74) is 1.97. The summed E-state index contributed by atoms with van der Waals surface area (Å²) in [7, 11) is -3.21. The summed E-state index contributed by atoms with van der Waals surface area (Å²) >= 11 is 0. The van der Waals surface area contributed by atoms with Crippen molar-refractivity contribution in [1.82, 2.24) is 19.5 Å². The molecular weight excluding hydrogens is 439 g/mol. The second kappa shape index (κ2) is 11.9. The first-order valence-electron chi connectivity index (χ1n) is 10.5. The van der Waals surface area contributed by atoms with Crippen LogP contribution in [0.25, 0.3) is 0 Å². The summed E-state index contributed by atoms with van der Waals surface area (Å²) in [5.74, 6) is -0.0948. The fraction of sp³-hybridized carbons (Fsp3) is 0.500. The Labute approximate surface area is 191 Å². The van der Waals surface area contributed by atoms with Crippen molar-refractivity contribution in [1.29, 1.82) is 0 Å². The lowest BCUT2D eigenvalue weighted by molar-refractivity contribution is 0.108. The van der Waals surface area contributed by atoms with Crippen molar-refractivity contribution in [2.24, 2.45) is 0 Å². The normalized spacial score (nSPS) is 16.8. The lowest BCUT2D eigenvalue weighted by Crippen LogP contribution is -2.48. The van der Waals surface area contributed by atoms with E-state index in [1.54, 1.807) is 6.20 Å². The fourth-order valence-electron chi connectivity index (χ4n) is 3.89. The molecule has 6 nitrogen and oxygen atoms in total. The average Bonchev–Trinajstić information content (AvgIpc) is 2.70. The number of halogens is 2. The first-order valence-corrected chi connectivity index (χ1v) is 12.1. The first-order chi connectivity index (χ1) is 14.3. The summed E-state index contributed by atoms with van der Waals surface area (Å²) < 4.78 is 40.0. The predicted molar refractivity (Wildman–Crippen MR) is 124 cm³/mol. The zero-order chi connectivity index (χ0) is 21.6. The number of sulfonamides is 1. The molecule has 0 aliphatic carbocycles. The van der Waals surface area contributed by atoms with Crippen LogP contribution in [-0.4, -0.2) is 67.7 Å². The largest absolute Gasteiger partial charge is 0.301 e. The highest BCUT2D eigenvalue weighted by Gasteiger charge is 2.27. The van der Waals surface area contributed by atoms with Gasteiger partial charge >= 0.3 is 0 Å². The minimum absolute atomic E-state index is 0. The number of benzene rings is 1. The Morgan fingerprint density at radius 2 is 1.74 bits per heavy atom. The molecule has 1 aliphatic rings. The van der Waals surface area contributed by atoms with E-state index >= 15 is 0 Å². The number of hydrogen-bond donors (Lipinski definition) is 1. The molecule has 0 radical (unpaired) electrons. The van der Waals surface area contributed by atoms with Crippen LogP contribution in [0.4, 0.5) is 4.39 Å². The van der Waals surface area contributed by atoms with E-state index in [1.807, 2.05) is 44.2 Å². The minimum atomic E-state index is -3.21. The Hall–Kier alpha value is -1.58. The van der Waals surface area contributed by atoms with E-state index < -0.39 is 10.0 Å². The maximum Gasteiger partial charge on any atom is 0.211 e. The molecule has 1 aliphatic heterocycles. The van der Waals surface area contributed by atoms with Gasteiger partial charge in [0.1, 0.15) is 5.82 Å². The zero-order valence-electron chi connectivity index (χ0n) is 18.1. The van der Waals surface area contributed by atoms with Crippen LogP contribution in [0, 0.1) is 5.82 Å². The molecule has 172 valence electrons. The van der Waals surface area contributed by atoms with Crippen molar-refractivity contribution in [3.8, 4) is 0 Å². The quantitative estimate of drug-likeness (QED) is 0.610. The fourth-order valence-corrected chi connectivity index (χ4v) is 5.24. The first kappa shape index (κ1) is 25.7. The Morgan fingerprint density at radius 1 is 1.06 bits per heavy atom. The van der Waals surface area contributed by atoms with Crippen LogP contribution in [0.15, 0.2) is 48.7 Å². The van der Waals surface area contributed by atoms with Gasteiger partial charge in [0.25, 0.3) is 0 Å². The van der Waals surface area contributed by atoms with Crippen molar-refractivity contribution in [3.63, 3.8) is 0 Å². The van der Waals surface area contributed by atoms with E-state index in [2.05, 4.69) is 19.5 Å². The summed E-state index contributed by atoms with van der Waals surface area (Å²) in [5, 5.41) is 0.